The highest BCUT2D eigenvalue weighted by Crippen LogP contribution is 2.27. The lowest BCUT2D eigenvalue weighted by Gasteiger charge is -2.12. The zero-order valence-electron chi connectivity index (χ0n) is 8.53. The molecule has 80 valence electrons. The van der Waals surface area contributed by atoms with E-state index in [9.17, 15) is 0 Å². The molecule has 15 heavy (non-hydrogen) atoms. The van der Waals surface area contributed by atoms with Gasteiger partial charge in [0, 0.05) is 16.6 Å². The summed E-state index contributed by atoms with van der Waals surface area (Å²) in [6.45, 7) is 1.92. The standard InChI is InChI=1S/C11H13ClN2O/c1-8(14)7-9-10(12)3-2-4-11(9)15-6-5-13/h2-4,8H,6-7,14H2,1H3. The minimum absolute atomic E-state index is 0.00864. The van der Waals surface area contributed by atoms with Crippen LogP contribution in [0.4, 0.5) is 0 Å². The number of nitriles is 1. The van der Waals surface area contributed by atoms with Gasteiger partial charge >= 0.3 is 0 Å². The molecule has 1 aromatic carbocycles. The first-order chi connectivity index (χ1) is 7.15. The third-order valence-electron chi connectivity index (χ3n) is 1.89. The molecule has 0 saturated heterocycles. The molecular formula is C11H13ClN2O. The number of nitrogens with zero attached hydrogens (tertiary/aromatic N) is 1. The van der Waals surface area contributed by atoms with Crippen LogP contribution in [0.3, 0.4) is 0 Å². The molecule has 0 aliphatic rings. The van der Waals surface area contributed by atoms with Gasteiger partial charge < -0.3 is 10.5 Å². The fraction of sp³-hybridized carbons (Fsp3) is 0.364. The predicted molar refractivity (Wildman–Crippen MR) is 59.9 cm³/mol. The highest BCUT2D eigenvalue weighted by Gasteiger charge is 2.09. The highest BCUT2D eigenvalue weighted by molar-refractivity contribution is 6.31. The van der Waals surface area contributed by atoms with Crippen molar-refractivity contribution in [2.75, 3.05) is 6.61 Å². The van der Waals surface area contributed by atoms with Crippen LogP contribution < -0.4 is 10.5 Å². The summed E-state index contributed by atoms with van der Waals surface area (Å²) in [7, 11) is 0. The third kappa shape index (κ3) is 3.43. The Kier molecular flexibility index (Phi) is 4.41. The molecule has 0 aromatic heterocycles. The maximum absolute atomic E-state index is 8.44. The summed E-state index contributed by atoms with van der Waals surface area (Å²) in [6.07, 6.45) is 0.639. The molecule has 2 N–H and O–H groups in total. The maximum Gasteiger partial charge on any atom is 0.174 e. The lowest BCUT2D eigenvalue weighted by Crippen LogP contribution is -2.18. The van der Waals surface area contributed by atoms with Gasteiger partial charge in [0.05, 0.1) is 0 Å². The predicted octanol–water partition coefficient (Wildman–Crippen LogP) is 2.13. The molecule has 1 rings (SSSR count). The van der Waals surface area contributed by atoms with E-state index in [4.69, 9.17) is 27.3 Å². The van der Waals surface area contributed by atoms with Crippen LogP contribution in [0.1, 0.15) is 12.5 Å². The van der Waals surface area contributed by atoms with E-state index in [1.54, 1.807) is 18.2 Å². The topological polar surface area (TPSA) is 59.0 Å². The molecular weight excluding hydrogens is 212 g/mol. The lowest BCUT2D eigenvalue weighted by atomic mass is 10.1. The van der Waals surface area contributed by atoms with Crippen LogP contribution in [0.25, 0.3) is 0 Å². The molecule has 0 aliphatic carbocycles. The molecule has 0 bridgehead atoms. The molecule has 0 saturated carbocycles. The van der Waals surface area contributed by atoms with Crippen molar-refractivity contribution in [3.63, 3.8) is 0 Å². The number of rotatable bonds is 4. The molecule has 0 heterocycles. The molecule has 0 radical (unpaired) electrons. The number of hydrogen-bond donors (Lipinski definition) is 1. The molecule has 1 unspecified atom stereocenters. The summed E-state index contributed by atoms with van der Waals surface area (Å²) in [5.41, 5.74) is 6.58. The number of nitrogens with two attached hydrogens (primary N) is 1. The van der Waals surface area contributed by atoms with Crippen molar-refractivity contribution in [2.45, 2.75) is 19.4 Å². The summed E-state index contributed by atoms with van der Waals surface area (Å²) < 4.78 is 5.27. The first-order valence-corrected chi connectivity index (χ1v) is 5.05. The SMILES string of the molecule is CC(N)Cc1c(Cl)cccc1OCC#N. The highest BCUT2D eigenvalue weighted by atomic mass is 35.5. The Morgan fingerprint density at radius 3 is 2.93 bits per heavy atom. The second-order valence-electron chi connectivity index (χ2n) is 3.34. The summed E-state index contributed by atoms with van der Waals surface area (Å²) in [5.74, 6) is 0.640. The second kappa shape index (κ2) is 5.59. The normalized spacial score (nSPS) is 11.9. The van der Waals surface area contributed by atoms with E-state index >= 15 is 0 Å². The van der Waals surface area contributed by atoms with Crippen LogP contribution in [0.15, 0.2) is 18.2 Å². The van der Waals surface area contributed by atoms with Crippen molar-refractivity contribution in [1.29, 1.82) is 5.26 Å². The van der Waals surface area contributed by atoms with E-state index in [2.05, 4.69) is 0 Å². The zero-order valence-corrected chi connectivity index (χ0v) is 9.29. The molecule has 3 nitrogen and oxygen atoms in total. The summed E-state index contributed by atoms with van der Waals surface area (Å²) >= 11 is 6.03. The molecule has 4 heteroatoms. The van der Waals surface area contributed by atoms with Crippen LogP contribution in [0.2, 0.25) is 5.02 Å². The largest absolute Gasteiger partial charge is 0.478 e. The van der Waals surface area contributed by atoms with Crippen LogP contribution in [-0.2, 0) is 6.42 Å². The van der Waals surface area contributed by atoms with E-state index in [1.807, 2.05) is 13.0 Å². The van der Waals surface area contributed by atoms with E-state index in [0.29, 0.717) is 17.2 Å². The summed E-state index contributed by atoms with van der Waals surface area (Å²) in [4.78, 5) is 0. The fourth-order valence-electron chi connectivity index (χ4n) is 1.30. The van der Waals surface area contributed by atoms with E-state index in [0.717, 1.165) is 5.56 Å². The Labute approximate surface area is 94.4 Å². The number of halogens is 1. The molecule has 0 spiro atoms. The van der Waals surface area contributed by atoms with Gasteiger partial charge in [0.15, 0.2) is 6.61 Å². The zero-order chi connectivity index (χ0) is 11.3. The second-order valence-corrected chi connectivity index (χ2v) is 3.75. The quantitative estimate of drug-likeness (QED) is 0.853. The minimum atomic E-state index is 0.00864. The average molecular weight is 225 g/mol. The van der Waals surface area contributed by atoms with Gasteiger partial charge in [0.2, 0.25) is 0 Å². The Bertz CT molecular complexity index is 371. The first-order valence-electron chi connectivity index (χ1n) is 4.68. The van der Waals surface area contributed by atoms with Crippen LogP contribution >= 0.6 is 11.6 Å². The van der Waals surface area contributed by atoms with Crippen LogP contribution in [-0.4, -0.2) is 12.6 Å². The fourth-order valence-corrected chi connectivity index (χ4v) is 1.55. The van der Waals surface area contributed by atoms with Gasteiger partial charge in [-0.2, -0.15) is 5.26 Å². The Morgan fingerprint density at radius 1 is 1.60 bits per heavy atom. The monoisotopic (exact) mass is 224 g/mol. The number of benzene rings is 1. The van der Waals surface area contributed by atoms with Crippen LogP contribution in [0.5, 0.6) is 5.75 Å². The van der Waals surface area contributed by atoms with Crippen LogP contribution in [0, 0.1) is 11.3 Å². The molecule has 1 aromatic rings. The summed E-state index contributed by atoms with van der Waals surface area (Å²) in [6, 6.07) is 7.30. The van der Waals surface area contributed by atoms with Gasteiger partial charge in [-0.25, -0.2) is 0 Å². The maximum atomic E-state index is 8.44. The van der Waals surface area contributed by atoms with E-state index in [-0.39, 0.29) is 12.6 Å². The van der Waals surface area contributed by atoms with Gasteiger partial charge in [-0.05, 0) is 25.5 Å². The van der Waals surface area contributed by atoms with Crippen molar-refractivity contribution < 1.29 is 4.74 Å². The van der Waals surface area contributed by atoms with E-state index < -0.39 is 0 Å². The van der Waals surface area contributed by atoms with Gasteiger partial charge in [-0.3, -0.25) is 0 Å². The molecule has 0 amide bonds. The van der Waals surface area contributed by atoms with Crippen molar-refractivity contribution in [3.8, 4) is 11.8 Å². The molecule has 0 fully saturated rings. The Hall–Kier alpha value is -1.24. The minimum Gasteiger partial charge on any atom is -0.478 e. The Balaban J connectivity index is 2.93. The van der Waals surface area contributed by atoms with Crippen molar-refractivity contribution in [2.24, 2.45) is 5.73 Å². The third-order valence-corrected chi connectivity index (χ3v) is 2.25. The average Bonchev–Trinajstić information content (AvgIpc) is 2.18. The molecule has 1 atom stereocenters. The van der Waals surface area contributed by atoms with Crippen molar-refractivity contribution in [1.82, 2.24) is 0 Å². The number of ether oxygens (including phenoxy) is 1. The number of hydrogen-bond acceptors (Lipinski definition) is 3. The van der Waals surface area contributed by atoms with E-state index in [1.165, 1.54) is 0 Å². The van der Waals surface area contributed by atoms with Crippen molar-refractivity contribution in [3.05, 3.63) is 28.8 Å². The van der Waals surface area contributed by atoms with Gasteiger partial charge in [0.1, 0.15) is 11.8 Å². The lowest BCUT2D eigenvalue weighted by molar-refractivity contribution is 0.363. The first kappa shape index (κ1) is 11.8. The van der Waals surface area contributed by atoms with Gasteiger partial charge in [-0.1, -0.05) is 17.7 Å². The van der Waals surface area contributed by atoms with Crippen molar-refractivity contribution >= 4 is 11.6 Å². The van der Waals surface area contributed by atoms with Gasteiger partial charge in [0.25, 0.3) is 0 Å². The summed E-state index contributed by atoms with van der Waals surface area (Å²) in [5, 5.41) is 9.06. The Morgan fingerprint density at radius 2 is 2.33 bits per heavy atom. The van der Waals surface area contributed by atoms with Gasteiger partial charge in [-0.15, -0.1) is 0 Å². The molecule has 0 aliphatic heterocycles. The smallest absolute Gasteiger partial charge is 0.174 e.